The number of rotatable bonds is 3. The first-order valence-electron chi connectivity index (χ1n) is 9.11. The number of aromatic nitrogens is 1. The first-order chi connectivity index (χ1) is 12.5. The van der Waals surface area contributed by atoms with Crippen molar-refractivity contribution in [3.05, 3.63) is 23.9 Å². The van der Waals surface area contributed by atoms with Gasteiger partial charge in [-0.1, -0.05) is 0 Å². The van der Waals surface area contributed by atoms with Crippen LogP contribution in [0.4, 0.5) is 10.6 Å². The van der Waals surface area contributed by atoms with Crippen LogP contribution in [0.15, 0.2) is 22.7 Å². The summed E-state index contributed by atoms with van der Waals surface area (Å²) >= 11 is 0. The molecule has 27 heavy (non-hydrogen) atoms. The number of hydrogen-bond acceptors (Lipinski definition) is 5. The van der Waals surface area contributed by atoms with E-state index in [1.165, 1.54) is 0 Å². The van der Waals surface area contributed by atoms with Crippen LogP contribution in [0.25, 0.3) is 0 Å². The summed E-state index contributed by atoms with van der Waals surface area (Å²) in [4.78, 5) is 20.5. The van der Waals surface area contributed by atoms with Gasteiger partial charge in [-0.25, -0.2) is 14.0 Å². The second-order valence-electron chi connectivity index (χ2n) is 8.47. The fourth-order valence-corrected chi connectivity index (χ4v) is 2.99. The molecule has 0 saturated carbocycles. The van der Waals surface area contributed by atoms with Crippen molar-refractivity contribution in [2.24, 2.45) is 4.40 Å². The van der Waals surface area contributed by atoms with Crippen LogP contribution < -0.4 is 4.90 Å². The zero-order valence-electron chi connectivity index (χ0n) is 17.1. The molecule has 1 fully saturated rings. The number of anilines is 1. The number of amides is 1. The highest BCUT2D eigenvalue weighted by molar-refractivity contribution is 7.85. The molecular formula is C19H30N4O3S. The Morgan fingerprint density at radius 1 is 1.19 bits per heavy atom. The summed E-state index contributed by atoms with van der Waals surface area (Å²) < 4.78 is 21.4. The third kappa shape index (κ3) is 6.30. The monoisotopic (exact) mass is 394 g/mol. The summed E-state index contributed by atoms with van der Waals surface area (Å²) in [5.74, 6) is 0.788. The highest BCUT2D eigenvalue weighted by atomic mass is 32.2. The zero-order chi connectivity index (χ0) is 20.2. The van der Waals surface area contributed by atoms with Gasteiger partial charge in [-0.3, -0.25) is 0 Å². The molecule has 1 saturated heterocycles. The van der Waals surface area contributed by atoms with Crippen molar-refractivity contribution in [1.29, 1.82) is 0 Å². The van der Waals surface area contributed by atoms with E-state index in [-0.39, 0.29) is 6.09 Å². The normalized spacial score (nSPS) is 17.3. The maximum absolute atomic E-state index is 12.2. The maximum Gasteiger partial charge on any atom is 0.410 e. The van der Waals surface area contributed by atoms with Gasteiger partial charge in [0, 0.05) is 44.2 Å². The Balaban J connectivity index is 2.06. The molecule has 1 amide bonds. The second-order valence-corrected chi connectivity index (χ2v) is 10.4. The standard InChI is InChI=1S/C19H30N4O3S/c1-18(2,3)26-17(24)23-12-10-22(11-13-23)16-15(8-7-9-20-16)14-21-27(25)19(4,5)6/h7-9,14H,10-13H2,1-6H3/b21-14+/t27-/m0/s1. The molecule has 2 rings (SSSR count). The minimum Gasteiger partial charge on any atom is -0.444 e. The molecule has 7 nitrogen and oxygen atoms in total. The van der Waals surface area contributed by atoms with E-state index in [9.17, 15) is 9.00 Å². The number of carbonyl (C=O) groups is 1. The van der Waals surface area contributed by atoms with Gasteiger partial charge in [-0.05, 0) is 53.7 Å². The van der Waals surface area contributed by atoms with E-state index in [0.29, 0.717) is 26.2 Å². The molecule has 1 aromatic rings. The fourth-order valence-electron chi connectivity index (χ4n) is 2.46. The second kappa shape index (κ2) is 8.37. The van der Waals surface area contributed by atoms with E-state index >= 15 is 0 Å². The first-order valence-corrected chi connectivity index (χ1v) is 10.2. The molecule has 1 aromatic heterocycles. The molecule has 0 aliphatic carbocycles. The molecule has 0 unspecified atom stereocenters. The maximum atomic E-state index is 12.2. The molecule has 0 radical (unpaired) electrons. The van der Waals surface area contributed by atoms with Gasteiger partial charge in [0.1, 0.15) is 22.4 Å². The first kappa shape index (κ1) is 21.3. The summed E-state index contributed by atoms with van der Waals surface area (Å²) in [6, 6.07) is 3.74. The largest absolute Gasteiger partial charge is 0.444 e. The van der Waals surface area contributed by atoms with Crippen LogP contribution >= 0.6 is 0 Å². The van der Waals surface area contributed by atoms with Gasteiger partial charge < -0.3 is 14.5 Å². The summed E-state index contributed by atoms with van der Waals surface area (Å²) in [7, 11) is -1.32. The Bertz CT molecular complexity index is 714. The van der Waals surface area contributed by atoms with E-state index in [1.54, 1.807) is 17.3 Å². The van der Waals surface area contributed by atoms with E-state index in [2.05, 4.69) is 14.3 Å². The van der Waals surface area contributed by atoms with Crippen LogP contribution in [0.3, 0.4) is 0 Å². The van der Waals surface area contributed by atoms with E-state index in [1.807, 2.05) is 53.7 Å². The van der Waals surface area contributed by atoms with Crippen molar-refractivity contribution < 1.29 is 13.7 Å². The molecule has 8 heteroatoms. The fraction of sp³-hybridized carbons (Fsp3) is 0.632. The third-order valence-corrected chi connectivity index (χ3v) is 5.20. The summed E-state index contributed by atoms with van der Waals surface area (Å²) in [6.07, 6.45) is 3.07. The number of pyridine rings is 1. The quantitative estimate of drug-likeness (QED) is 0.737. The zero-order valence-corrected chi connectivity index (χ0v) is 17.9. The van der Waals surface area contributed by atoms with Crippen molar-refractivity contribution >= 4 is 29.1 Å². The Morgan fingerprint density at radius 3 is 2.37 bits per heavy atom. The Kier molecular flexibility index (Phi) is 6.62. The van der Waals surface area contributed by atoms with Crippen LogP contribution in [0.1, 0.15) is 47.1 Å². The Hall–Kier alpha value is -1.96. The van der Waals surface area contributed by atoms with Gasteiger partial charge >= 0.3 is 6.09 Å². The predicted molar refractivity (Wildman–Crippen MR) is 110 cm³/mol. The van der Waals surface area contributed by atoms with Gasteiger partial charge in [0.25, 0.3) is 0 Å². The Morgan fingerprint density at radius 2 is 1.81 bits per heavy atom. The van der Waals surface area contributed by atoms with Gasteiger partial charge in [0.2, 0.25) is 0 Å². The van der Waals surface area contributed by atoms with E-state index < -0.39 is 21.3 Å². The molecule has 1 atom stereocenters. The van der Waals surface area contributed by atoms with E-state index in [0.717, 1.165) is 11.4 Å². The van der Waals surface area contributed by atoms with Crippen LogP contribution in [0.5, 0.6) is 0 Å². The molecule has 1 aliphatic heterocycles. The SMILES string of the molecule is CC(C)(C)OC(=O)N1CCN(c2ncccc2/C=N/[S@@](=O)C(C)(C)C)CC1. The molecular weight excluding hydrogens is 364 g/mol. The number of ether oxygens (including phenoxy) is 1. The topological polar surface area (TPSA) is 75.1 Å². The number of nitrogens with zero attached hydrogens (tertiary/aromatic N) is 4. The highest BCUT2D eigenvalue weighted by Crippen LogP contribution is 2.20. The lowest BCUT2D eigenvalue weighted by molar-refractivity contribution is 0.0240. The van der Waals surface area contributed by atoms with Gasteiger partial charge in [0.15, 0.2) is 0 Å². The van der Waals surface area contributed by atoms with Crippen molar-refractivity contribution in [2.45, 2.75) is 51.9 Å². The number of piperazine rings is 1. The van der Waals surface area contributed by atoms with Crippen molar-refractivity contribution in [3.63, 3.8) is 0 Å². The third-order valence-electron chi connectivity index (χ3n) is 3.86. The molecule has 2 heterocycles. The van der Waals surface area contributed by atoms with Crippen LogP contribution in [0, 0.1) is 0 Å². The highest BCUT2D eigenvalue weighted by Gasteiger charge is 2.27. The lowest BCUT2D eigenvalue weighted by atomic mass is 10.2. The van der Waals surface area contributed by atoms with Crippen molar-refractivity contribution in [1.82, 2.24) is 9.88 Å². The van der Waals surface area contributed by atoms with Crippen LogP contribution in [-0.4, -0.2) is 62.9 Å². The van der Waals surface area contributed by atoms with Gasteiger partial charge in [-0.15, -0.1) is 0 Å². The van der Waals surface area contributed by atoms with Crippen LogP contribution in [-0.2, 0) is 15.7 Å². The van der Waals surface area contributed by atoms with Gasteiger partial charge in [0.05, 0.1) is 4.75 Å². The molecule has 0 bridgehead atoms. The average Bonchev–Trinajstić information content (AvgIpc) is 2.57. The summed E-state index contributed by atoms with van der Waals surface area (Å²) in [5, 5.41) is 0. The molecule has 150 valence electrons. The minimum atomic E-state index is -1.32. The number of hydrogen-bond donors (Lipinski definition) is 0. The predicted octanol–water partition coefficient (Wildman–Crippen LogP) is 3.02. The van der Waals surface area contributed by atoms with Crippen molar-refractivity contribution in [2.75, 3.05) is 31.1 Å². The van der Waals surface area contributed by atoms with E-state index in [4.69, 9.17) is 4.74 Å². The number of carbonyl (C=O) groups excluding carboxylic acids is 1. The molecule has 0 aromatic carbocycles. The molecule has 0 spiro atoms. The lowest BCUT2D eigenvalue weighted by Crippen LogP contribution is -2.50. The summed E-state index contributed by atoms with van der Waals surface area (Å²) in [5.41, 5.74) is 0.322. The lowest BCUT2D eigenvalue weighted by Gasteiger charge is -2.36. The van der Waals surface area contributed by atoms with Crippen LogP contribution in [0.2, 0.25) is 0 Å². The Labute approximate surface area is 164 Å². The average molecular weight is 395 g/mol. The molecule has 0 N–H and O–H groups in total. The summed E-state index contributed by atoms with van der Waals surface area (Å²) in [6.45, 7) is 13.7. The van der Waals surface area contributed by atoms with Crippen molar-refractivity contribution in [3.8, 4) is 0 Å². The molecule has 1 aliphatic rings. The van der Waals surface area contributed by atoms with Gasteiger partial charge in [-0.2, -0.15) is 4.40 Å². The smallest absolute Gasteiger partial charge is 0.410 e. The minimum absolute atomic E-state index is 0.287.